The van der Waals surface area contributed by atoms with Gasteiger partial charge < -0.3 is 4.74 Å². The van der Waals surface area contributed by atoms with Crippen molar-refractivity contribution in [3.8, 4) is 11.3 Å². The molecule has 0 radical (unpaired) electrons. The number of morpholine rings is 1. The van der Waals surface area contributed by atoms with Gasteiger partial charge in [0, 0.05) is 29.6 Å². The van der Waals surface area contributed by atoms with E-state index in [0.29, 0.717) is 0 Å². The average molecular weight is 494 g/mol. The lowest BCUT2D eigenvalue weighted by molar-refractivity contribution is -0.0440. The van der Waals surface area contributed by atoms with Gasteiger partial charge in [0.2, 0.25) is 10.0 Å². The van der Waals surface area contributed by atoms with E-state index in [4.69, 9.17) is 4.74 Å². The molecule has 33 heavy (non-hydrogen) atoms. The van der Waals surface area contributed by atoms with Crippen molar-refractivity contribution in [3.63, 3.8) is 0 Å². The number of nitrogens with one attached hydrogen (secondary N) is 1. The fourth-order valence-electron chi connectivity index (χ4n) is 3.59. The number of anilines is 1. The van der Waals surface area contributed by atoms with Gasteiger partial charge in [0.25, 0.3) is 5.91 Å². The molecule has 3 aromatic rings. The van der Waals surface area contributed by atoms with Crippen LogP contribution in [-0.4, -0.2) is 48.9 Å². The zero-order valence-corrected chi connectivity index (χ0v) is 19.4. The number of thiazole rings is 1. The molecule has 1 N–H and O–H groups in total. The largest absolute Gasteiger partial charge is 0.373 e. The maximum absolute atomic E-state index is 14.0. The number of hydrogen-bond acceptors (Lipinski definition) is 6. The van der Waals surface area contributed by atoms with E-state index in [1.165, 1.54) is 34.0 Å². The van der Waals surface area contributed by atoms with E-state index in [-0.39, 0.29) is 52.1 Å². The molecule has 4 rings (SSSR count). The highest BCUT2D eigenvalue weighted by Gasteiger charge is 2.32. The number of sulfonamides is 1. The molecule has 1 amide bonds. The molecule has 1 saturated heterocycles. The van der Waals surface area contributed by atoms with Crippen LogP contribution in [-0.2, 0) is 14.8 Å². The average Bonchev–Trinajstić information content (AvgIpc) is 3.23. The number of ether oxygens (including phenoxy) is 1. The predicted molar refractivity (Wildman–Crippen MR) is 121 cm³/mol. The molecular weight excluding hydrogens is 472 g/mol. The third-order valence-corrected chi connectivity index (χ3v) is 7.63. The number of benzene rings is 2. The number of rotatable bonds is 5. The van der Waals surface area contributed by atoms with Crippen molar-refractivity contribution in [1.82, 2.24) is 9.29 Å². The molecular formula is C22H21F2N3O4S2. The van der Waals surface area contributed by atoms with Gasteiger partial charge in [-0.05, 0) is 50.2 Å². The van der Waals surface area contributed by atoms with E-state index < -0.39 is 27.6 Å². The summed E-state index contributed by atoms with van der Waals surface area (Å²) in [6.45, 7) is 4.06. The Bertz CT molecular complexity index is 1290. The van der Waals surface area contributed by atoms with Crippen LogP contribution in [0.2, 0.25) is 0 Å². The first-order chi connectivity index (χ1) is 15.6. The van der Waals surface area contributed by atoms with Crippen LogP contribution in [0.15, 0.2) is 52.7 Å². The number of aromatic nitrogens is 1. The van der Waals surface area contributed by atoms with E-state index >= 15 is 0 Å². The minimum absolute atomic E-state index is 0.00175. The fraction of sp³-hybridized carbons (Fsp3) is 0.273. The first kappa shape index (κ1) is 23.4. The van der Waals surface area contributed by atoms with E-state index in [9.17, 15) is 22.0 Å². The van der Waals surface area contributed by atoms with Gasteiger partial charge >= 0.3 is 0 Å². The van der Waals surface area contributed by atoms with Crippen LogP contribution in [0.1, 0.15) is 24.2 Å². The smallest absolute Gasteiger partial charge is 0.257 e. The predicted octanol–water partition coefficient (Wildman–Crippen LogP) is 4.14. The molecule has 1 aliphatic heterocycles. The molecule has 11 heteroatoms. The van der Waals surface area contributed by atoms with Crippen molar-refractivity contribution < 1.29 is 26.7 Å². The van der Waals surface area contributed by atoms with Crippen molar-refractivity contribution in [2.24, 2.45) is 0 Å². The Morgan fingerprint density at radius 2 is 1.88 bits per heavy atom. The number of carbonyl (C=O) groups excluding carboxylic acids is 1. The maximum Gasteiger partial charge on any atom is 0.257 e. The second-order valence-corrected chi connectivity index (χ2v) is 10.5. The Labute approximate surface area is 194 Å². The standard InChI is InChI=1S/C22H21F2N3O4S2/c1-13-10-27(11-14(2)31-13)33(29,30)17-5-3-4-15(8-17)21(28)26-22-25-20(12-32-22)18-9-16(23)6-7-19(18)24/h3-9,12-14H,10-11H2,1-2H3,(H,25,26,28). The molecule has 2 atom stereocenters. The summed E-state index contributed by atoms with van der Waals surface area (Å²) in [5.41, 5.74) is 0.284. The SMILES string of the molecule is CC1CN(S(=O)(=O)c2cccc(C(=O)Nc3nc(-c4cc(F)ccc4F)cs3)c2)CC(C)O1. The van der Waals surface area contributed by atoms with Crippen molar-refractivity contribution >= 4 is 32.4 Å². The zero-order valence-electron chi connectivity index (χ0n) is 17.8. The quantitative estimate of drug-likeness (QED) is 0.577. The number of carbonyl (C=O) groups is 1. The number of nitrogens with zero attached hydrogens (tertiary/aromatic N) is 2. The Hall–Kier alpha value is -2.73. The molecule has 1 aromatic heterocycles. The summed E-state index contributed by atoms with van der Waals surface area (Å²) in [4.78, 5) is 16.9. The van der Waals surface area contributed by atoms with E-state index in [1.54, 1.807) is 13.8 Å². The molecule has 0 aliphatic carbocycles. The number of amides is 1. The first-order valence-electron chi connectivity index (χ1n) is 10.1. The lowest BCUT2D eigenvalue weighted by Gasteiger charge is -2.34. The molecule has 2 heterocycles. The lowest BCUT2D eigenvalue weighted by atomic mass is 10.1. The summed E-state index contributed by atoms with van der Waals surface area (Å²) in [5.74, 6) is -1.81. The van der Waals surface area contributed by atoms with Gasteiger partial charge in [0.1, 0.15) is 11.6 Å². The van der Waals surface area contributed by atoms with Crippen LogP contribution >= 0.6 is 11.3 Å². The molecule has 2 aromatic carbocycles. The van der Waals surface area contributed by atoms with Crippen LogP contribution in [0.3, 0.4) is 0 Å². The summed E-state index contributed by atoms with van der Waals surface area (Å²) < 4.78 is 60.6. The topological polar surface area (TPSA) is 88.6 Å². The summed E-state index contributed by atoms with van der Waals surface area (Å²) in [7, 11) is -3.81. The highest BCUT2D eigenvalue weighted by Crippen LogP contribution is 2.28. The minimum atomic E-state index is -3.81. The number of hydrogen-bond donors (Lipinski definition) is 1. The van der Waals surface area contributed by atoms with Gasteiger partial charge in [-0.2, -0.15) is 4.31 Å². The molecule has 7 nitrogen and oxygen atoms in total. The Balaban J connectivity index is 1.53. The monoisotopic (exact) mass is 493 g/mol. The van der Waals surface area contributed by atoms with Crippen molar-refractivity contribution in [2.45, 2.75) is 31.0 Å². The summed E-state index contributed by atoms with van der Waals surface area (Å²) in [6, 6.07) is 8.75. The number of halogens is 2. The molecule has 1 aliphatic rings. The van der Waals surface area contributed by atoms with Gasteiger partial charge in [0.05, 0.1) is 22.8 Å². The van der Waals surface area contributed by atoms with Crippen molar-refractivity contribution in [1.29, 1.82) is 0 Å². The Morgan fingerprint density at radius 1 is 1.15 bits per heavy atom. The van der Waals surface area contributed by atoms with E-state index in [2.05, 4.69) is 10.3 Å². The van der Waals surface area contributed by atoms with Gasteiger partial charge in [-0.25, -0.2) is 22.2 Å². The van der Waals surface area contributed by atoms with Gasteiger partial charge in [0.15, 0.2) is 5.13 Å². The fourth-order valence-corrected chi connectivity index (χ4v) is 5.93. The highest BCUT2D eigenvalue weighted by atomic mass is 32.2. The van der Waals surface area contributed by atoms with Crippen LogP contribution < -0.4 is 5.32 Å². The second kappa shape index (κ2) is 9.26. The highest BCUT2D eigenvalue weighted by molar-refractivity contribution is 7.89. The van der Waals surface area contributed by atoms with Crippen molar-refractivity contribution in [3.05, 3.63) is 65.0 Å². The zero-order chi connectivity index (χ0) is 23.8. The van der Waals surface area contributed by atoms with Crippen LogP contribution in [0.25, 0.3) is 11.3 Å². The third-order valence-electron chi connectivity index (χ3n) is 5.05. The minimum Gasteiger partial charge on any atom is -0.373 e. The van der Waals surface area contributed by atoms with Crippen LogP contribution in [0.5, 0.6) is 0 Å². The van der Waals surface area contributed by atoms with Crippen LogP contribution in [0.4, 0.5) is 13.9 Å². The Kier molecular flexibility index (Phi) is 6.57. The molecule has 1 fully saturated rings. The molecule has 2 unspecified atom stereocenters. The van der Waals surface area contributed by atoms with Gasteiger partial charge in [-0.1, -0.05) is 6.07 Å². The van der Waals surface area contributed by atoms with Gasteiger partial charge in [-0.15, -0.1) is 11.3 Å². The molecule has 0 bridgehead atoms. The van der Waals surface area contributed by atoms with Gasteiger partial charge in [-0.3, -0.25) is 10.1 Å². The van der Waals surface area contributed by atoms with E-state index in [1.807, 2.05) is 0 Å². The Morgan fingerprint density at radius 3 is 2.61 bits per heavy atom. The van der Waals surface area contributed by atoms with E-state index in [0.717, 1.165) is 29.5 Å². The van der Waals surface area contributed by atoms with Crippen LogP contribution in [0, 0.1) is 11.6 Å². The molecule has 0 spiro atoms. The maximum atomic E-state index is 14.0. The van der Waals surface area contributed by atoms with Crippen molar-refractivity contribution in [2.75, 3.05) is 18.4 Å². The lowest BCUT2D eigenvalue weighted by Crippen LogP contribution is -2.48. The summed E-state index contributed by atoms with van der Waals surface area (Å²) in [6.07, 6.45) is -0.478. The second-order valence-electron chi connectivity index (χ2n) is 7.72. The normalized spacial score (nSPS) is 19.4. The summed E-state index contributed by atoms with van der Waals surface area (Å²) >= 11 is 1.04. The third kappa shape index (κ3) is 5.11. The summed E-state index contributed by atoms with van der Waals surface area (Å²) in [5, 5.41) is 4.24. The molecule has 174 valence electrons. The molecule has 0 saturated carbocycles. The first-order valence-corrected chi connectivity index (χ1v) is 12.4.